The number of benzene rings is 2. The number of carbonyl (C=O) groups excluding carboxylic acids is 1. The lowest BCUT2D eigenvalue weighted by molar-refractivity contribution is 0.0730. The van der Waals surface area contributed by atoms with Gasteiger partial charge in [-0.25, -0.2) is 12.8 Å². The summed E-state index contributed by atoms with van der Waals surface area (Å²) in [6, 6.07) is 11.4. The van der Waals surface area contributed by atoms with Crippen LogP contribution in [0.2, 0.25) is 0 Å². The maximum Gasteiger partial charge on any atom is 0.255 e. The number of ether oxygens (including phenoxy) is 1. The van der Waals surface area contributed by atoms with Crippen LogP contribution in [-0.4, -0.2) is 49.9 Å². The molecule has 4 rings (SSSR count). The van der Waals surface area contributed by atoms with Gasteiger partial charge in [0.1, 0.15) is 5.82 Å². The standard InChI is InChI=1S/C20H18FN3O4S/c21-15-3-6-18-17(13-15)19(7-8-22-18)23-20(25)14-1-4-16(5-2-14)29(26,27)24-9-11-28-12-10-24/h1-8,13H,9-12H2,(H,22,23,25). The molecule has 0 aliphatic carbocycles. The van der Waals surface area contributed by atoms with Crippen molar-refractivity contribution in [2.45, 2.75) is 4.90 Å². The highest BCUT2D eigenvalue weighted by atomic mass is 32.2. The summed E-state index contributed by atoms with van der Waals surface area (Å²) in [6.07, 6.45) is 1.52. The van der Waals surface area contributed by atoms with Gasteiger partial charge in [-0.1, -0.05) is 0 Å². The van der Waals surface area contributed by atoms with Gasteiger partial charge in [0, 0.05) is 30.2 Å². The van der Waals surface area contributed by atoms with Gasteiger partial charge in [0.05, 0.1) is 29.3 Å². The fourth-order valence-corrected chi connectivity index (χ4v) is 4.54. The SMILES string of the molecule is O=C(Nc1ccnc2ccc(F)cc12)c1ccc(S(=O)(=O)N2CCOCC2)cc1. The van der Waals surface area contributed by atoms with Crippen molar-refractivity contribution >= 4 is 32.5 Å². The van der Waals surface area contributed by atoms with Crippen LogP contribution in [0.1, 0.15) is 10.4 Å². The van der Waals surface area contributed by atoms with Crippen molar-refractivity contribution in [1.29, 1.82) is 0 Å². The molecule has 0 unspecified atom stereocenters. The molecule has 1 aromatic heterocycles. The minimum atomic E-state index is -3.63. The lowest BCUT2D eigenvalue weighted by Crippen LogP contribution is -2.40. The third-order valence-corrected chi connectivity index (χ3v) is 6.59. The summed E-state index contributed by atoms with van der Waals surface area (Å²) in [5.74, 6) is -0.865. The van der Waals surface area contributed by atoms with Crippen LogP contribution in [0.15, 0.2) is 59.6 Å². The van der Waals surface area contributed by atoms with Crippen molar-refractivity contribution in [2.24, 2.45) is 0 Å². The third-order valence-electron chi connectivity index (χ3n) is 4.68. The maximum absolute atomic E-state index is 13.6. The van der Waals surface area contributed by atoms with E-state index in [9.17, 15) is 17.6 Å². The zero-order valence-corrected chi connectivity index (χ0v) is 16.2. The summed E-state index contributed by atoms with van der Waals surface area (Å²) in [4.78, 5) is 16.9. The fourth-order valence-electron chi connectivity index (χ4n) is 3.14. The molecule has 3 aromatic rings. The maximum atomic E-state index is 13.6. The van der Waals surface area contributed by atoms with Gasteiger partial charge in [-0.3, -0.25) is 9.78 Å². The summed E-state index contributed by atoms with van der Waals surface area (Å²) in [7, 11) is -3.63. The molecular weight excluding hydrogens is 397 g/mol. The lowest BCUT2D eigenvalue weighted by atomic mass is 10.1. The Balaban J connectivity index is 1.55. The van der Waals surface area contributed by atoms with Gasteiger partial charge < -0.3 is 10.1 Å². The van der Waals surface area contributed by atoms with Crippen molar-refractivity contribution in [3.05, 3.63) is 66.1 Å². The number of aromatic nitrogens is 1. The van der Waals surface area contributed by atoms with Crippen molar-refractivity contribution in [2.75, 3.05) is 31.6 Å². The van der Waals surface area contributed by atoms with E-state index in [-0.39, 0.29) is 10.5 Å². The van der Waals surface area contributed by atoms with Crippen molar-refractivity contribution < 1.29 is 22.3 Å². The summed E-state index contributed by atoms with van der Waals surface area (Å²) in [5.41, 5.74) is 1.26. The van der Waals surface area contributed by atoms with Crippen LogP contribution >= 0.6 is 0 Å². The molecule has 0 atom stereocenters. The molecule has 0 spiro atoms. The fraction of sp³-hybridized carbons (Fsp3) is 0.200. The van der Waals surface area contributed by atoms with Crippen LogP contribution in [0, 0.1) is 5.82 Å². The Kier molecular flexibility index (Phi) is 5.27. The van der Waals surface area contributed by atoms with Crippen LogP contribution in [-0.2, 0) is 14.8 Å². The Morgan fingerprint density at radius 1 is 1.07 bits per heavy atom. The first-order valence-electron chi connectivity index (χ1n) is 8.99. The number of hydrogen-bond donors (Lipinski definition) is 1. The first-order chi connectivity index (χ1) is 13.9. The van der Waals surface area contributed by atoms with Crippen LogP contribution in [0.5, 0.6) is 0 Å². The quantitative estimate of drug-likeness (QED) is 0.708. The predicted molar refractivity (Wildman–Crippen MR) is 106 cm³/mol. The van der Waals surface area contributed by atoms with E-state index in [0.29, 0.717) is 42.9 Å². The van der Waals surface area contributed by atoms with Gasteiger partial charge in [0.15, 0.2) is 0 Å². The third kappa shape index (κ3) is 3.98. The molecule has 0 saturated carbocycles. The van der Waals surface area contributed by atoms with Gasteiger partial charge in [-0.15, -0.1) is 0 Å². The van der Waals surface area contributed by atoms with Crippen LogP contribution in [0.25, 0.3) is 10.9 Å². The smallest absolute Gasteiger partial charge is 0.255 e. The first-order valence-corrected chi connectivity index (χ1v) is 10.4. The van der Waals surface area contributed by atoms with Crippen LogP contribution in [0.4, 0.5) is 10.1 Å². The number of anilines is 1. The van der Waals surface area contributed by atoms with E-state index in [1.165, 1.54) is 53.0 Å². The Bertz CT molecular complexity index is 1160. The van der Waals surface area contributed by atoms with Gasteiger partial charge in [0.2, 0.25) is 10.0 Å². The molecule has 2 heterocycles. The number of nitrogens with one attached hydrogen (secondary N) is 1. The molecule has 1 saturated heterocycles. The van der Waals surface area contributed by atoms with E-state index in [4.69, 9.17) is 4.74 Å². The molecule has 0 radical (unpaired) electrons. The van der Waals surface area contributed by atoms with Gasteiger partial charge in [0.25, 0.3) is 5.91 Å². The Morgan fingerprint density at radius 3 is 2.52 bits per heavy atom. The molecule has 9 heteroatoms. The summed E-state index contributed by atoms with van der Waals surface area (Å²) >= 11 is 0. The van der Waals surface area contributed by atoms with E-state index in [0.717, 1.165) is 0 Å². The Hall–Kier alpha value is -2.88. The summed E-state index contributed by atoms with van der Waals surface area (Å²) < 4.78 is 45.5. The number of nitrogens with zero attached hydrogens (tertiary/aromatic N) is 2. The first kappa shape index (κ1) is 19.4. The Labute approximate surface area is 167 Å². The number of rotatable bonds is 4. The number of fused-ring (bicyclic) bond motifs is 1. The average Bonchev–Trinajstić information content (AvgIpc) is 2.75. The molecule has 2 aromatic carbocycles. The second-order valence-electron chi connectivity index (χ2n) is 6.51. The number of sulfonamides is 1. The molecule has 29 heavy (non-hydrogen) atoms. The van der Waals surface area contributed by atoms with E-state index in [1.807, 2.05) is 0 Å². The minimum absolute atomic E-state index is 0.118. The zero-order chi connectivity index (χ0) is 20.4. The number of morpholine rings is 1. The lowest BCUT2D eigenvalue weighted by Gasteiger charge is -2.26. The highest BCUT2D eigenvalue weighted by Gasteiger charge is 2.26. The molecule has 1 N–H and O–H groups in total. The van der Waals surface area contributed by atoms with Gasteiger partial charge >= 0.3 is 0 Å². The van der Waals surface area contributed by atoms with Crippen molar-refractivity contribution in [1.82, 2.24) is 9.29 Å². The average molecular weight is 415 g/mol. The zero-order valence-electron chi connectivity index (χ0n) is 15.3. The highest BCUT2D eigenvalue weighted by Crippen LogP contribution is 2.23. The number of halogens is 1. The highest BCUT2D eigenvalue weighted by molar-refractivity contribution is 7.89. The molecule has 0 bridgehead atoms. The molecule has 150 valence electrons. The van der Waals surface area contributed by atoms with Gasteiger partial charge in [-0.2, -0.15) is 4.31 Å². The molecule has 7 nitrogen and oxygen atoms in total. The second kappa shape index (κ2) is 7.86. The topological polar surface area (TPSA) is 88.6 Å². The van der Waals surface area contributed by atoms with Crippen LogP contribution in [0.3, 0.4) is 0 Å². The van der Waals surface area contributed by atoms with E-state index < -0.39 is 21.7 Å². The van der Waals surface area contributed by atoms with E-state index in [2.05, 4.69) is 10.3 Å². The molecule has 1 aliphatic rings. The summed E-state index contributed by atoms with van der Waals surface area (Å²) in [6.45, 7) is 1.33. The largest absolute Gasteiger partial charge is 0.379 e. The predicted octanol–water partition coefficient (Wildman–Crippen LogP) is 2.65. The van der Waals surface area contributed by atoms with Crippen molar-refractivity contribution in [3.8, 4) is 0 Å². The number of pyridine rings is 1. The van der Waals surface area contributed by atoms with E-state index in [1.54, 1.807) is 6.07 Å². The normalized spacial score (nSPS) is 15.3. The monoisotopic (exact) mass is 415 g/mol. The molecule has 1 aliphatic heterocycles. The minimum Gasteiger partial charge on any atom is -0.379 e. The van der Waals surface area contributed by atoms with Crippen LogP contribution < -0.4 is 5.32 Å². The van der Waals surface area contributed by atoms with E-state index >= 15 is 0 Å². The van der Waals surface area contributed by atoms with Gasteiger partial charge in [-0.05, 0) is 48.5 Å². The van der Waals surface area contributed by atoms with Crippen molar-refractivity contribution in [3.63, 3.8) is 0 Å². The number of amides is 1. The molecule has 1 fully saturated rings. The second-order valence-corrected chi connectivity index (χ2v) is 8.45. The number of hydrogen-bond acceptors (Lipinski definition) is 5. The molecular formula is C20H18FN3O4S. The number of carbonyl (C=O) groups is 1. The summed E-state index contributed by atoms with van der Waals surface area (Å²) in [5, 5.41) is 3.21. The molecule has 1 amide bonds. The Morgan fingerprint density at radius 2 is 1.79 bits per heavy atom.